The van der Waals surface area contributed by atoms with E-state index in [0.717, 1.165) is 24.2 Å². The summed E-state index contributed by atoms with van der Waals surface area (Å²) in [7, 11) is 0. The zero-order chi connectivity index (χ0) is 19.8. The summed E-state index contributed by atoms with van der Waals surface area (Å²) in [6.45, 7) is 2.81. The van der Waals surface area contributed by atoms with Crippen LogP contribution in [0.4, 0.5) is 10.1 Å². The van der Waals surface area contributed by atoms with E-state index in [4.69, 9.17) is 0 Å². The van der Waals surface area contributed by atoms with Gasteiger partial charge in [-0.25, -0.2) is 4.39 Å². The van der Waals surface area contributed by atoms with Crippen LogP contribution in [-0.4, -0.2) is 31.4 Å². The number of hydrogen-bond donors (Lipinski definition) is 2. The second-order valence-electron chi connectivity index (χ2n) is 7.03. The number of rotatable bonds is 6. The molecule has 1 aliphatic rings. The number of carbonyl (C=O) groups is 2. The van der Waals surface area contributed by atoms with Crippen molar-refractivity contribution in [3.63, 3.8) is 0 Å². The molecule has 1 heterocycles. The van der Waals surface area contributed by atoms with Crippen LogP contribution in [0.1, 0.15) is 30.4 Å². The van der Waals surface area contributed by atoms with Gasteiger partial charge in [0.1, 0.15) is 5.82 Å². The van der Waals surface area contributed by atoms with Gasteiger partial charge in [0.25, 0.3) is 0 Å². The highest BCUT2D eigenvalue weighted by atomic mass is 19.1. The minimum Gasteiger partial charge on any atom is -0.372 e. The van der Waals surface area contributed by atoms with E-state index in [1.54, 1.807) is 12.1 Å². The van der Waals surface area contributed by atoms with Gasteiger partial charge in [-0.3, -0.25) is 9.59 Å². The molecule has 3 rings (SSSR count). The molecular weight excluding hydrogens is 357 g/mol. The van der Waals surface area contributed by atoms with Gasteiger partial charge in [0.05, 0.1) is 0 Å². The highest BCUT2D eigenvalue weighted by molar-refractivity contribution is 6.35. The normalized spacial score (nSPS) is 13.8. The molecule has 0 aromatic heterocycles. The average Bonchev–Trinajstić information content (AvgIpc) is 2.74. The van der Waals surface area contributed by atoms with Crippen molar-refractivity contribution >= 4 is 17.5 Å². The molecule has 0 atom stereocenters. The number of benzene rings is 2. The van der Waals surface area contributed by atoms with Gasteiger partial charge in [0, 0.05) is 31.9 Å². The van der Waals surface area contributed by atoms with Crippen LogP contribution < -0.4 is 15.5 Å². The monoisotopic (exact) mass is 383 g/mol. The first-order valence-corrected chi connectivity index (χ1v) is 9.76. The quantitative estimate of drug-likeness (QED) is 0.754. The van der Waals surface area contributed by atoms with Crippen LogP contribution in [0.25, 0.3) is 0 Å². The van der Waals surface area contributed by atoms with Crippen molar-refractivity contribution in [1.82, 2.24) is 10.6 Å². The van der Waals surface area contributed by atoms with E-state index in [1.807, 2.05) is 0 Å². The molecule has 2 amide bonds. The zero-order valence-electron chi connectivity index (χ0n) is 15.9. The van der Waals surface area contributed by atoms with Crippen LogP contribution in [0.2, 0.25) is 0 Å². The summed E-state index contributed by atoms with van der Waals surface area (Å²) >= 11 is 0. The molecule has 2 N–H and O–H groups in total. The van der Waals surface area contributed by atoms with E-state index in [1.165, 1.54) is 37.1 Å². The van der Waals surface area contributed by atoms with Crippen molar-refractivity contribution in [3.8, 4) is 0 Å². The number of anilines is 1. The van der Waals surface area contributed by atoms with Gasteiger partial charge in [0.2, 0.25) is 0 Å². The minimum atomic E-state index is -0.690. The van der Waals surface area contributed by atoms with Crippen LogP contribution in [0, 0.1) is 5.82 Å². The molecule has 28 heavy (non-hydrogen) atoms. The Morgan fingerprint density at radius 3 is 2.11 bits per heavy atom. The van der Waals surface area contributed by atoms with E-state index < -0.39 is 11.8 Å². The maximum absolute atomic E-state index is 12.9. The molecule has 2 aromatic rings. The van der Waals surface area contributed by atoms with Crippen LogP contribution in [0.3, 0.4) is 0 Å². The number of halogens is 1. The highest BCUT2D eigenvalue weighted by Gasteiger charge is 2.13. The Balaban J connectivity index is 1.38. The Morgan fingerprint density at radius 1 is 0.821 bits per heavy atom. The largest absolute Gasteiger partial charge is 0.372 e. The maximum atomic E-state index is 12.9. The lowest BCUT2D eigenvalue weighted by molar-refractivity contribution is -0.139. The average molecular weight is 383 g/mol. The van der Waals surface area contributed by atoms with Crippen LogP contribution in [0.5, 0.6) is 0 Å². The fraction of sp³-hybridized carbons (Fsp3) is 0.364. The first-order chi connectivity index (χ1) is 13.6. The predicted molar refractivity (Wildman–Crippen MR) is 107 cm³/mol. The van der Waals surface area contributed by atoms with Crippen LogP contribution in [0.15, 0.2) is 48.5 Å². The molecular formula is C22H26FN3O2. The molecule has 0 aliphatic carbocycles. The van der Waals surface area contributed by atoms with E-state index in [0.29, 0.717) is 13.0 Å². The van der Waals surface area contributed by atoms with Crippen molar-refractivity contribution in [1.29, 1.82) is 0 Å². The van der Waals surface area contributed by atoms with Crippen LogP contribution in [-0.2, 0) is 22.6 Å². The molecule has 0 bridgehead atoms. The lowest BCUT2D eigenvalue weighted by atomic mass is 10.1. The summed E-state index contributed by atoms with van der Waals surface area (Å²) in [5.74, 6) is -1.69. The second kappa shape index (κ2) is 9.88. The van der Waals surface area contributed by atoms with E-state index >= 15 is 0 Å². The van der Waals surface area contributed by atoms with Gasteiger partial charge in [-0.15, -0.1) is 0 Å². The summed E-state index contributed by atoms with van der Waals surface area (Å²) in [4.78, 5) is 26.1. The topological polar surface area (TPSA) is 61.4 Å². The lowest BCUT2D eigenvalue weighted by Gasteiger charge is -2.28. The molecule has 0 unspecified atom stereocenters. The predicted octanol–water partition coefficient (Wildman–Crippen LogP) is 2.79. The summed E-state index contributed by atoms with van der Waals surface area (Å²) in [6.07, 6.45) is 4.47. The Bertz CT molecular complexity index is 784. The highest BCUT2D eigenvalue weighted by Crippen LogP contribution is 2.20. The SMILES string of the molecule is O=C(NCCc1ccc(N2CCCCC2)cc1)C(=O)NCc1ccc(F)cc1. The first kappa shape index (κ1) is 19.9. The van der Waals surface area contributed by atoms with Gasteiger partial charge in [-0.2, -0.15) is 0 Å². The summed E-state index contributed by atoms with van der Waals surface area (Å²) in [5, 5.41) is 5.16. The van der Waals surface area contributed by atoms with E-state index in [9.17, 15) is 14.0 Å². The fourth-order valence-corrected chi connectivity index (χ4v) is 3.29. The van der Waals surface area contributed by atoms with Crippen molar-refractivity contribution in [2.75, 3.05) is 24.5 Å². The Labute approximate surface area is 164 Å². The Kier molecular flexibility index (Phi) is 7.00. The maximum Gasteiger partial charge on any atom is 0.309 e. The van der Waals surface area contributed by atoms with Gasteiger partial charge in [-0.05, 0) is 61.1 Å². The third-order valence-corrected chi connectivity index (χ3v) is 4.93. The fourth-order valence-electron chi connectivity index (χ4n) is 3.29. The molecule has 1 saturated heterocycles. The van der Waals surface area contributed by atoms with Crippen molar-refractivity contribution < 1.29 is 14.0 Å². The van der Waals surface area contributed by atoms with Crippen molar-refractivity contribution in [3.05, 3.63) is 65.5 Å². The van der Waals surface area contributed by atoms with Crippen molar-refractivity contribution in [2.45, 2.75) is 32.2 Å². The molecule has 0 radical (unpaired) electrons. The first-order valence-electron chi connectivity index (χ1n) is 9.76. The summed E-state index contributed by atoms with van der Waals surface area (Å²) in [5.41, 5.74) is 3.09. The number of carbonyl (C=O) groups excluding carboxylic acids is 2. The van der Waals surface area contributed by atoms with Gasteiger partial charge < -0.3 is 15.5 Å². The zero-order valence-corrected chi connectivity index (χ0v) is 15.9. The lowest BCUT2D eigenvalue weighted by Crippen LogP contribution is -2.40. The molecule has 1 fully saturated rings. The summed E-state index contributed by atoms with van der Waals surface area (Å²) in [6, 6.07) is 14.2. The minimum absolute atomic E-state index is 0.185. The second-order valence-corrected chi connectivity index (χ2v) is 7.03. The standard InChI is InChI=1S/C22H26FN3O2/c23-19-8-4-18(5-9-19)16-25-22(28)21(27)24-13-12-17-6-10-20(11-7-17)26-14-2-1-3-15-26/h4-11H,1-3,12-16H2,(H,24,27)(H,25,28). The number of hydrogen-bond acceptors (Lipinski definition) is 3. The molecule has 148 valence electrons. The molecule has 0 saturated carbocycles. The van der Waals surface area contributed by atoms with E-state index in [2.05, 4.69) is 39.8 Å². The smallest absolute Gasteiger partial charge is 0.309 e. The van der Waals surface area contributed by atoms with Gasteiger partial charge in [-0.1, -0.05) is 24.3 Å². The third kappa shape index (κ3) is 5.81. The van der Waals surface area contributed by atoms with E-state index in [-0.39, 0.29) is 12.4 Å². The molecule has 5 nitrogen and oxygen atoms in total. The number of nitrogens with zero attached hydrogens (tertiary/aromatic N) is 1. The number of nitrogens with one attached hydrogen (secondary N) is 2. The van der Waals surface area contributed by atoms with Gasteiger partial charge in [0.15, 0.2) is 0 Å². The Hall–Kier alpha value is -2.89. The molecule has 0 spiro atoms. The molecule has 6 heteroatoms. The number of amides is 2. The number of piperidine rings is 1. The molecule has 2 aromatic carbocycles. The van der Waals surface area contributed by atoms with Crippen molar-refractivity contribution in [2.24, 2.45) is 0 Å². The van der Waals surface area contributed by atoms with Gasteiger partial charge >= 0.3 is 11.8 Å². The molecule has 1 aliphatic heterocycles. The summed E-state index contributed by atoms with van der Waals surface area (Å²) < 4.78 is 12.9. The Morgan fingerprint density at radius 2 is 1.43 bits per heavy atom. The third-order valence-electron chi connectivity index (χ3n) is 4.93. The van der Waals surface area contributed by atoms with Crippen LogP contribution >= 0.6 is 0 Å².